The highest BCUT2D eigenvalue weighted by molar-refractivity contribution is 7.26. The maximum Gasteiger partial charge on any atom is 0.141 e. The van der Waals surface area contributed by atoms with Gasteiger partial charge in [-0.05, 0) is 59.7 Å². The van der Waals surface area contributed by atoms with Gasteiger partial charge in [0.15, 0.2) is 0 Å². The average Bonchev–Trinajstić information content (AvgIpc) is 3.97. The smallest absolute Gasteiger partial charge is 0.141 e. The Morgan fingerprint density at radius 2 is 1.13 bits per heavy atom. The van der Waals surface area contributed by atoms with Crippen LogP contribution in [0.3, 0.4) is 0 Å². The van der Waals surface area contributed by atoms with Crippen molar-refractivity contribution >= 4 is 102 Å². The van der Waals surface area contributed by atoms with Gasteiger partial charge in [0.05, 0.1) is 11.1 Å². The number of para-hydroxylation sites is 1. The van der Waals surface area contributed by atoms with Crippen LogP contribution in [0.1, 0.15) is 29.5 Å². The van der Waals surface area contributed by atoms with Crippen molar-refractivity contribution in [2.45, 2.75) is 18.3 Å². The number of furan rings is 1. The molecule has 54 heavy (non-hydrogen) atoms. The number of anilines is 3. The summed E-state index contributed by atoms with van der Waals surface area (Å²) >= 11 is 3.73. The molecule has 0 aliphatic heterocycles. The normalized spacial score (nSPS) is 19.1. The summed E-state index contributed by atoms with van der Waals surface area (Å²) in [6.45, 7) is 2.43. The van der Waals surface area contributed by atoms with E-state index < -0.39 is 0 Å². The Hall–Kier alpha value is -5.94. The first kappa shape index (κ1) is 30.5. The highest BCUT2D eigenvalue weighted by atomic mass is 32.1. The third kappa shape index (κ3) is 4.15. The molecule has 0 amide bonds. The summed E-state index contributed by atoms with van der Waals surface area (Å²) in [6, 6.07) is 53.9. The molecule has 3 atom stereocenters. The number of hydrogen-bond acceptors (Lipinski definition) is 4. The number of rotatable bonds is 4. The van der Waals surface area contributed by atoms with Crippen molar-refractivity contribution in [1.82, 2.24) is 0 Å². The molecule has 12 rings (SSSR count). The number of thiophene rings is 2. The Bertz CT molecular complexity index is 3120. The molecule has 0 saturated carbocycles. The number of nitrogens with zero attached hydrogens (tertiary/aromatic N) is 1. The fraction of sp³-hybridized carbons (Fsp3) is 0.0800. The van der Waals surface area contributed by atoms with Gasteiger partial charge in [0.25, 0.3) is 0 Å². The zero-order valence-electron chi connectivity index (χ0n) is 29.5. The van der Waals surface area contributed by atoms with E-state index in [9.17, 15) is 0 Å². The molecular weight excluding hydrogens is 695 g/mol. The van der Waals surface area contributed by atoms with Crippen LogP contribution in [0.5, 0.6) is 0 Å². The molecule has 2 aliphatic rings. The van der Waals surface area contributed by atoms with Crippen LogP contribution in [-0.4, -0.2) is 0 Å². The Labute approximate surface area is 320 Å². The van der Waals surface area contributed by atoms with Crippen LogP contribution in [0.25, 0.3) is 62.3 Å². The van der Waals surface area contributed by atoms with Crippen molar-refractivity contribution in [2.24, 2.45) is 5.92 Å². The van der Waals surface area contributed by atoms with E-state index in [1.807, 2.05) is 22.7 Å². The van der Waals surface area contributed by atoms with Crippen molar-refractivity contribution in [2.75, 3.05) is 4.90 Å². The molecule has 3 aromatic heterocycles. The molecule has 256 valence electrons. The molecule has 0 spiro atoms. The molecule has 3 unspecified atom stereocenters. The lowest BCUT2D eigenvalue weighted by molar-refractivity contribution is 0.424. The molecule has 3 heterocycles. The van der Waals surface area contributed by atoms with E-state index in [2.05, 4.69) is 182 Å². The SMILES string of the molecule is CC1(c2ccc(N(c3ccc4c(c3)sc3ccccc34)c3ccc4c(c3)sc3ccccc34)c3c2oc2ccccc23)c2ccccc2C2C=CC=CC21. The lowest BCUT2D eigenvalue weighted by Gasteiger charge is -2.35. The van der Waals surface area contributed by atoms with Crippen molar-refractivity contribution in [3.8, 4) is 0 Å². The Kier molecular flexibility index (Phi) is 6.38. The summed E-state index contributed by atoms with van der Waals surface area (Å²) < 4.78 is 12.3. The zero-order valence-corrected chi connectivity index (χ0v) is 31.1. The van der Waals surface area contributed by atoms with Gasteiger partial charge in [-0.25, -0.2) is 0 Å². The van der Waals surface area contributed by atoms with Crippen molar-refractivity contribution in [1.29, 1.82) is 0 Å². The van der Waals surface area contributed by atoms with Crippen LogP contribution in [0.2, 0.25) is 0 Å². The van der Waals surface area contributed by atoms with E-state index >= 15 is 0 Å². The Balaban J connectivity index is 1.15. The summed E-state index contributed by atoms with van der Waals surface area (Å²) in [6.07, 6.45) is 9.24. The van der Waals surface area contributed by atoms with Gasteiger partial charge in [0.1, 0.15) is 11.2 Å². The largest absolute Gasteiger partial charge is 0.456 e. The monoisotopic (exact) mass is 727 g/mol. The minimum Gasteiger partial charge on any atom is -0.456 e. The van der Waals surface area contributed by atoms with Gasteiger partial charge < -0.3 is 9.32 Å². The first-order chi connectivity index (χ1) is 26.6. The van der Waals surface area contributed by atoms with Gasteiger partial charge in [-0.3, -0.25) is 0 Å². The van der Waals surface area contributed by atoms with Gasteiger partial charge >= 0.3 is 0 Å². The predicted molar refractivity (Wildman–Crippen MR) is 232 cm³/mol. The van der Waals surface area contributed by atoms with Gasteiger partial charge in [0, 0.05) is 79.9 Å². The maximum absolute atomic E-state index is 7.07. The number of allylic oxidation sites excluding steroid dienone is 4. The molecule has 0 saturated heterocycles. The minimum atomic E-state index is -0.288. The summed E-state index contributed by atoms with van der Waals surface area (Å²) in [5.41, 5.74) is 8.99. The van der Waals surface area contributed by atoms with Crippen LogP contribution in [0.15, 0.2) is 174 Å². The highest BCUT2D eigenvalue weighted by Gasteiger charge is 2.50. The van der Waals surface area contributed by atoms with Gasteiger partial charge in [-0.2, -0.15) is 0 Å². The van der Waals surface area contributed by atoms with E-state index in [1.54, 1.807) is 0 Å². The molecule has 2 nitrogen and oxygen atoms in total. The van der Waals surface area contributed by atoms with E-state index in [-0.39, 0.29) is 11.3 Å². The molecule has 4 heteroatoms. The Morgan fingerprint density at radius 1 is 0.537 bits per heavy atom. The quantitative estimate of drug-likeness (QED) is 0.179. The van der Waals surface area contributed by atoms with Crippen LogP contribution in [-0.2, 0) is 5.41 Å². The van der Waals surface area contributed by atoms with Crippen LogP contribution >= 0.6 is 22.7 Å². The Morgan fingerprint density at radius 3 is 1.85 bits per heavy atom. The second-order valence-electron chi connectivity index (χ2n) is 14.9. The first-order valence-corrected chi connectivity index (χ1v) is 20.3. The lowest BCUT2D eigenvalue weighted by atomic mass is 9.68. The molecule has 0 radical (unpaired) electrons. The average molecular weight is 728 g/mol. The number of fused-ring (bicyclic) bond motifs is 12. The van der Waals surface area contributed by atoms with Gasteiger partial charge in [-0.15, -0.1) is 22.7 Å². The molecule has 10 aromatic rings. The van der Waals surface area contributed by atoms with E-state index in [1.165, 1.54) is 57.0 Å². The van der Waals surface area contributed by atoms with Gasteiger partial charge in [0.2, 0.25) is 0 Å². The lowest BCUT2D eigenvalue weighted by Crippen LogP contribution is -2.30. The molecular formula is C50H33NOS2. The summed E-state index contributed by atoms with van der Waals surface area (Å²) in [7, 11) is 0. The first-order valence-electron chi connectivity index (χ1n) is 18.7. The zero-order chi connectivity index (χ0) is 35.5. The topological polar surface area (TPSA) is 16.4 Å². The fourth-order valence-corrected chi connectivity index (χ4v) is 12.0. The summed E-state index contributed by atoms with van der Waals surface area (Å²) in [5, 5.41) is 7.49. The summed E-state index contributed by atoms with van der Waals surface area (Å²) in [4.78, 5) is 2.47. The predicted octanol–water partition coefficient (Wildman–Crippen LogP) is 14.9. The van der Waals surface area contributed by atoms with Crippen LogP contribution < -0.4 is 4.90 Å². The molecule has 2 aliphatic carbocycles. The molecule has 7 aromatic carbocycles. The molecule has 0 N–H and O–H groups in total. The third-order valence-corrected chi connectivity index (χ3v) is 14.5. The van der Waals surface area contributed by atoms with Crippen molar-refractivity contribution in [3.63, 3.8) is 0 Å². The van der Waals surface area contributed by atoms with E-state index in [0.717, 1.165) is 39.0 Å². The van der Waals surface area contributed by atoms with Crippen molar-refractivity contribution < 1.29 is 4.42 Å². The van der Waals surface area contributed by atoms with Crippen LogP contribution in [0, 0.1) is 5.92 Å². The fourth-order valence-electron chi connectivity index (χ4n) is 9.76. The second-order valence-corrected chi connectivity index (χ2v) is 17.1. The maximum atomic E-state index is 7.07. The second kappa shape index (κ2) is 11.3. The van der Waals surface area contributed by atoms with E-state index in [4.69, 9.17) is 4.42 Å². The number of hydrogen-bond donors (Lipinski definition) is 0. The standard InChI is InChI=1S/C50H33NOS2/c1-50(39-17-7-2-12-32(39)33-13-3-8-18-40(33)50)41-26-27-42(48-38-16-4-9-19-43(38)52-49(41)48)51(30-22-24-36-34-14-5-10-20-44(34)53-46(36)28-30)31-23-25-37-35-15-6-11-21-45(35)54-47(37)29-31/h2-29,32,39H,1H3. The van der Waals surface area contributed by atoms with Crippen molar-refractivity contribution in [3.05, 3.63) is 187 Å². The third-order valence-electron chi connectivity index (χ3n) is 12.2. The summed E-state index contributed by atoms with van der Waals surface area (Å²) in [5.74, 6) is 0.608. The van der Waals surface area contributed by atoms with Crippen LogP contribution in [0.4, 0.5) is 17.1 Å². The van der Waals surface area contributed by atoms with Gasteiger partial charge in [-0.1, -0.05) is 128 Å². The minimum absolute atomic E-state index is 0.281. The molecule has 0 fully saturated rings. The highest BCUT2D eigenvalue weighted by Crippen LogP contribution is 2.58. The molecule has 0 bridgehead atoms. The number of benzene rings is 7. The van der Waals surface area contributed by atoms with E-state index in [0.29, 0.717) is 5.92 Å².